The van der Waals surface area contributed by atoms with Crippen LogP contribution in [0.3, 0.4) is 0 Å². The van der Waals surface area contributed by atoms with Crippen LogP contribution in [0.2, 0.25) is 0 Å². The predicted molar refractivity (Wildman–Crippen MR) is 65.8 cm³/mol. The first kappa shape index (κ1) is 12.7. The van der Waals surface area contributed by atoms with Gasteiger partial charge in [0.05, 0.1) is 12.6 Å². The second kappa shape index (κ2) is 7.02. The van der Waals surface area contributed by atoms with Gasteiger partial charge in [0.2, 0.25) is 0 Å². The van der Waals surface area contributed by atoms with Crippen molar-refractivity contribution in [2.75, 3.05) is 13.1 Å². The Morgan fingerprint density at radius 3 is 2.69 bits per heavy atom. The van der Waals surface area contributed by atoms with Crippen LogP contribution < -0.4 is 11.1 Å². The number of hydrogen-bond acceptors (Lipinski definition) is 3. The summed E-state index contributed by atoms with van der Waals surface area (Å²) in [5.41, 5.74) is 7.02. The third-order valence-electron chi connectivity index (χ3n) is 2.39. The highest BCUT2D eigenvalue weighted by atomic mass is 16.3. The molecule has 0 aromatic heterocycles. The Morgan fingerprint density at radius 2 is 2.06 bits per heavy atom. The van der Waals surface area contributed by atoms with Crippen molar-refractivity contribution in [2.24, 2.45) is 5.73 Å². The summed E-state index contributed by atoms with van der Waals surface area (Å²) in [7, 11) is 0. The van der Waals surface area contributed by atoms with E-state index in [0.29, 0.717) is 19.5 Å². The van der Waals surface area contributed by atoms with Crippen molar-refractivity contribution in [1.82, 2.24) is 5.32 Å². The Kier molecular flexibility index (Phi) is 5.58. The van der Waals surface area contributed by atoms with Crippen molar-refractivity contribution >= 4 is 0 Å². The molecule has 1 aromatic carbocycles. The molecule has 4 N–H and O–H groups in total. The lowest BCUT2D eigenvalue weighted by molar-refractivity contribution is 0.143. The van der Waals surface area contributed by atoms with Crippen molar-refractivity contribution in [3.05, 3.63) is 35.9 Å². The molecule has 2 atom stereocenters. The van der Waals surface area contributed by atoms with Crippen LogP contribution in [0.5, 0.6) is 0 Å². The van der Waals surface area contributed by atoms with Gasteiger partial charge in [-0.25, -0.2) is 0 Å². The average molecular weight is 218 g/mol. The number of nitrogens with two attached hydrogens (primary N) is 1. The molecule has 0 aliphatic rings. The van der Waals surface area contributed by atoms with Gasteiger partial charge in [-0.05, 0) is 12.0 Å². The quantitative estimate of drug-likeness (QED) is 0.470. The van der Waals surface area contributed by atoms with Crippen molar-refractivity contribution in [2.45, 2.75) is 18.6 Å². The highest BCUT2D eigenvalue weighted by Gasteiger charge is 2.14. The number of aliphatic hydroxyl groups excluding tert-OH is 1. The van der Waals surface area contributed by atoms with E-state index in [-0.39, 0.29) is 6.04 Å². The summed E-state index contributed by atoms with van der Waals surface area (Å²) < 4.78 is 0. The fourth-order valence-electron chi connectivity index (χ4n) is 1.47. The van der Waals surface area contributed by atoms with Gasteiger partial charge in [-0.15, -0.1) is 6.42 Å². The van der Waals surface area contributed by atoms with E-state index < -0.39 is 6.10 Å². The summed E-state index contributed by atoms with van der Waals surface area (Å²) >= 11 is 0. The molecule has 2 unspecified atom stereocenters. The van der Waals surface area contributed by atoms with Gasteiger partial charge in [-0.1, -0.05) is 36.3 Å². The summed E-state index contributed by atoms with van der Waals surface area (Å²) in [6.45, 7) is 0.882. The van der Waals surface area contributed by atoms with Crippen LogP contribution in [0.15, 0.2) is 30.3 Å². The minimum Gasteiger partial charge on any atom is -0.390 e. The second-order valence-corrected chi connectivity index (χ2v) is 3.76. The number of hydrogen-bond donors (Lipinski definition) is 3. The normalized spacial score (nSPS) is 14.1. The maximum atomic E-state index is 9.75. The first-order valence-corrected chi connectivity index (χ1v) is 5.35. The zero-order valence-corrected chi connectivity index (χ0v) is 9.26. The number of benzene rings is 1. The van der Waals surface area contributed by atoms with Crippen LogP contribution in [-0.4, -0.2) is 30.3 Å². The largest absolute Gasteiger partial charge is 0.390 e. The zero-order chi connectivity index (χ0) is 11.8. The molecule has 16 heavy (non-hydrogen) atoms. The zero-order valence-electron chi connectivity index (χ0n) is 9.26. The fraction of sp³-hybridized carbons (Fsp3) is 0.385. The maximum Gasteiger partial charge on any atom is 0.0818 e. The topological polar surface area (TPSA) is 58.3 Å². The highest BCUT2D eigenvalue weighted by molar-refractivity contribution is 5.16. The first-order valence-electron chi connectivity index (χ1n) is 5.35. The van der Waals surface area contributed by atoms with Gasteiger partial charge < -0.3 is 16.2 Å². The standard InChI is InChI=1S/C13H18N2O/c1-2-8-15-10-13(16)12(14)9-11-6-4-3-5-7-11/h1,3-7,12-13,15-16H,8-10,14H2. The molecule has 0 amide bonds. The van der Waals surface area contributed by atoms with Crippen LogP contribution in [0, 0.1) is 12.3 Å². The molecule has 0 fully saturated rings. The van der Waals surface area contributed by atoms with E-state index in [1.165, 1.54) is 0 Å². The lowest BCUT2D eigenvalue weighted by Gasteiger charge is -2.18. The van der Waals surface area contributed by atoms with Crippen LogP contribution >= 0.6 is 0 Å². The van der Waals surface area contributed by atoms with Gasteiger partial charge in [0.15, 0.2) is 0 Å². The summed E-state index contributed by atoms with van der Waals surface area (Å²) in [4.78, 5) is 0. The van der Waals surface area contributed by atoms with Gasteiger partial charge in [0.1, 0.15) is 0 Å². The first-order chi connectivity index (χ1) is 7.74. The minimum absolute atomic E-state index is 0.271. The average Bonchev–Trinajstić information content (AvgIpc) is 2.30. The number of aliphatic hydroxyl groups is 1. The van der Waals surface area contributed by atoms with Crippen molar-refractivity contribution in [3.63, 3.8) is 0 Å². The molecule has 3 nitrogen and oxygen atoms in total. The smallest absolute Gasteiger partial charge is 0.0818 e. The van der Waals surface area contributed by atoms with E-state index in [1.807, 2.05) is 30.3 Å². The van der Waals surface area contributed by atoms with E-state index in [4.69, 9.17) is 12.2 Å². The second-order valence-electron chi connectivity index (χ2n) is 3.76. The molecule has 1 rings (SSSR count). The molecule has 86 valence electrons. The third kappa shape index (κ3) is 4.45. The molecule has 1 aromatic rings. The van der Waals surface area contributed by atoms with Crippen molar-refractivity contribution < 1.29 is 5.11 Å². The van der Waals surface area contributed by atoms with Gasteiger partial charge in [0, 0.05) is 12.6 Å². The Balaban J connectivity index is 2.34. The van der Waals surface area contributed by atoms with E-state index in [9.17, 15) is 5.11 Å². The Hall–Kier alpha value is -1.34. The van der Waals surface area contributed by atoms with Crippen molar-refractivity contribution in [3.8, 4) is 12.3 Å². The number of terminal acetylenes is 1. The van der Waals surface area contributed by atoms with E-state index >= 15 is 0 Å². The van der Waals surface area contributed by atoms with Gasteiger partial charge in [0.25, 0.3) is 0 Å². The molecule has 0 aliphatic heterocycles. The summed E-state index contributed by atoms with van der Waals surface area (Å²) in [6, 6.07) is 9.62. The Labute approximate surface area is 96.7 Å². The van der Waals surface area contributed by atoms with Crippen LogP contribution in [0.1, 0.15) is 5.56 Å². The van der Waals surface area contributed by atoms with Crippen LogP contribution in [0.4, 0.5) is 0 Å². The summed E-state index contributed by atoms with van der Waals surface area (Å²) in [5.74, 6) is 2.45. The van der Waals surface area contributed by atoms with Gasteiger partial charge >= 0.3 is 0 Å². The third-order valence-corrected chi connectivity index (χ3v) is 2.39. The molecular formula is C13H18N2O. The monoisotopic (exact) mass is 218 g/mol. The lowest BCUT2D eigenvalue weighted by atomic mass is 10.0. The number of rotatable bonds is 6. The molecule has 0 saturated carbocycles. The molecule has 3 heteroatoms. The van der Waals surface area contributed by atoms with Gasteiger partial charge in [-0.2, -0.15) is 0 Å². The predicted octanol–water partition coefficient (Wildman–Crippen LogP) is 0.140. The fourth-order valence-corrected chi connectivity index (χ4v) is 1.47. The molecule has 0 saturated heterocycles. The molecule has 0 spiro atoms. The van der Waals surface area contributed by atoms with Crippen molar-refractivity contribution in [1.29, 1.82) is 0 Å². The highest BCUT2D eigenvalue weighted by Crippen LogP contribution is 2.04. The Bertz CT molecular complexity index is 332. The van der Waals surface area contributed by atoms with Gasteiger partial charge in [-0.3, -0.25) is 0 Å². The SMILES string of the molecule is C#CCNCC(O)C(N)Cc1ccccc1. The molecule has 0 heterocycles. The number of nitrogens with one attached hydrogen (secondary N) is 1. The summed E-state index contributed by atoms with van der Waals surface area (Å²) in [5, 5.41) is 12.7. The van der Waals surface area contributed by atoms with Crippen LogP contribution in [-0.2, 0) is 6.42 Å². The summed E-state index contributed by atoms with van der Waals surface area (Å²) in [6.07, 6.45) is 5.18. The van der Waals surface area contributed by atoms with E-state index in [1.54, 1.807) is 0 Å². The Morgan fingerprint density at radius 1 is 1.38 bits per heavy atom. The molecule has 0 bridgehead atoms. The minimum atomic E-state index is -0.575. The van der Waals surface area contributed by atoms with E-state index in [2.05, 4.69) is 11.2 Å². The van der Waals surface area contributed by atoms with E-state index in [0.717, 1.165) is 5.56 Å². The molecule has 0 aliphatic carbocycles. The maximum absolute atomic E-state index is 9.75. The molecule has 0 radical (unpaired) electrons. The lowest BCUT2D eigenvalue weighted by Crippen LogP contribution is -2.43. The van der Waals surface area contributed by atoms with Crippen LogP contribution in [0.25, 0.3) is 0 Å². The molecular weight excluding hydrogens is 200 g/mol.